The van der Waals surface area contributed by atoms with Crippen LogP contribution < -0.4 is 38.5 Å². The minimum absolute atomic E-state index is 0. The average Bonchev–Trinajstić information content (AvgIpc) is 1.62. The second kappa shape index (κ2) is 42.1. The summed E-state index contributed by atoms with van der Waals surface area (Å²) in [6.07, 6.45) is 0. The van der Waals surface area contributed by atoms with E-state index in [1.807, 2.05) is 225 Å². The van der Waals surface area contributed by atoms with Crippen molar-refractivity contribution in [1.29, 1.82) is 0 Å². The Morgan fingerprint density at radius 1 is 0.395 bits per heavy atom. The maximum atomic E-state index is 14.2. The van der Waals surface area contributed by atoms with E-state index >= 15 is 0 Å². The molecule has 19 nitrogen and oxygen atoms in total. The fourth-order valence-corrected chi connectivity index (χ4v) is 12.9. The number of carboxylic acid groups (broad SMARTS) is 1. The van der Waals surface area contributed by atoms with Gasteiger partial charge in [-0.25, -0.2) is 4.79 Å². The average molecular weight is 1540 g/mol. The number of nitrogens with zero attached hydrogens (tertiary/aromatic N) is 5. The molecule has 13 rings (SSSR count). The molecule has 0 bridgehead atoms. The number of likely N-dealkylation sites (N-methyl/N-ethyl adjacent to an activating group) is 3. The second-order valence-electron chi connectivity index (χ2n) is 29.3. The first kappa shape index (κ1) is 86.1. The second-order valence-corrected chi connectivity index (χ2v) is 29.3. The lowest BCUT2D eigenvalue weighted by Gasteiger charge is -2.21. The van der Waals surface area contributed by atoms with Gasteiger partial charge in [0.1, 0.15) is 104 Å². The Kier molecular flexibility index (Phi) is 31.8. The van der Waals surface area contributed by atoms with E-state index in [-0.39, 0.29) is 60.1 Å². The maximum absolute atomic E-state index is 14.2. The minimum atomic E-state index is -1.06. The van der Waals surface area contributed by atoms with Gasteiger partial charge in [0.2, 0.25) is 0 Å². The van der Waals surface area contributed by atoms with Crippen LogP contribution in [0.2, 0.25) is 0 Å². The number of benzene rings is 10. The standard InChI is InChI=1S/C36H38N2O4.C24H22O4.C22H28N2O4.C12H18N2O.CH4/c1-26(2)30-20-31(36(39)38-22-29-16-11-17-33(32(29)23-38)40-19-18-37(3)4)35(42-25-28-14-9-6-10-15-28)21-34(30)41-24-27-12-7-5-8-13-27;1-17(2)20-13-21(24(25)26)23(28-16-19-11-7-4-8-12-19)14-22(20)27-15-18-9-5-3-6-10-18;1-14(2)16-10-17(20(26)11-19(16)25)22(27)24-12-15-6-5-7-21(18(15)13-24)28-9-8-23(3)4;1-14(2)6-7-15-12-5-3-4-10-8-13-9-11(10)12;/h5-17,20-21H,1,18-19,22-25H2,2-4H3;3-14H,1,15-16H2,2H3,(H,25,26);5-7,10-11,14,25-26H,8-9,12-13H2,1-4H3;3-5,13H,6-9H2,1-2H3;1H4. The van der Waals surface area contributed by atoms with Crippen molar-refractivity contribution in [3.63, 3.8) is 0 Å². The molecular weight excluding hydrogens is 1430 g/mol. The van der Waals surface area contributed by atoms with E-state index in [2.05, 4.69) is 71.5 Å². The Morgan fingerprint density at radius 3 is 1.11 bits per heavy atom. The molecule has 598 valence electrons. The summed E-state index contributed by atoms with van der Waals surface area (Å²) in [6, 6.07) is 67.2. The zero-order chi connectivity index (χ0) is 80.5. The van der Waals surface area contributed by atoms with Gasteiger partial charge < -0.3 is 78.3 Å². The molecule has 3 aliphatic heterocycles. The third kappa shape index (κ3) is 24.1. The number of allylic oxidation sites excluding steroid dienone is 2. The quantitative estimate of drug-likeness (QED) is 0.0330. The van der Waals surface area contributed by atoms with Crippen LogP contribution in [0.25, 0.3) is 11.1 Å². The van der Waals surface area contributed by atoms with E-state index in [0.717, 1.165) is 118 Å². The Morgan fingerprint density at radius 2 is 0.746 bits per heavy atom. The molecule has 19 heteroatoms. The molecule has 4 N–H and O–H groups in total. The van der Waals surface area contributed by atoms with Crippen molar-refractivity contribution in [2.45, 2.75) is 107 Å². The van der Waals surface area contributed by atoms with Gasteiger partial charge in [-0.15, -0.1) is 0 Å². The SMILES string of the molecule is C.C=C(C)c1cc(C(=O)N2Cc3cccc(OCCN(C)C)c3C2)c(OCc2ccccc2)cc1OCc1ccccc1.C=C(C)c1cc(C(=O)O)c(OCc2ccccc2)cc1OCc1ccccc1.CC(C)c1cc(C(=O)N2Cc3cccc(OCCN(C)C)c3C2)c(O)cc1O.CN(C)CCOc1cccc2c1CNC2. The molecule has 0 radical (unpaired) electrons. The highest BCUT2D eigenvalue weighted by Gasteiger charge is 2.32. The molecular formula is C95H110N6O13. The van der Waals surface area contributed by atoms with Gasteiger partial charge in [-0.05, 0) is 154 Å². The Bertz CT molecular complexity index is 4780. The number of aromatic hydroxyl groups is 2. The number of nitrogens with one attached hydrogen (secondary N) is 1. The van der Waals surface area contributed by atoms with Gasteiger partial charge in [0.25, 0.3) is 11.8 Å². The van der Waals surface area contributed by atoms with Crippen LogP contribution >= 0.6 is 0 Å². The fraction of sp³-hybridized carbons (Fsp3) is 0.295. The Balaban J connectivity index is 0.000000183. The summed E-state index contributed by atoms with van der Waals surface area (Å²) in [4.78, 5) is 48.8. The van der Waals surface area contributed by atoms with Crippen LogP contribution in [0.3, 0.4) is 0 Å². The highest BCUT2D eigenvalue weighted by Crippen LogP contribution is 2.41. The van der Waals surface area contributed by atoms with Crippen molar-refractivity contribution >= 4 is 28.9 Å². The monoisotopic (exact) mass is 1540 g/mol. The Hall–Kier alpha value is -11.9. The van der Waals surface area contributed by atoms with Gasteiger partial charge in [-0.3, -0.25) is 9.59 Å². The number of carboxylic acids is 1. The predicted molar refractivity (Wildman–Crippen MR) is 452 cm³/mol. The number of phenolic OH excluding ortho intramolecular Hbond substituents is 2. The molecule has 3 aliphatic rings. The summed E-state index contributed by atoms with van der Waals surface area (Å²) in [6.45, 7) is 25.4. The highest BCUT2D eigenvalue weighted by atomic mass is 16.5. The van der Waals surface area contributed by atoms with Crippen LogP contribution in [0.4, 0.5) is 0 Å². The number of carbonyl (C=O) groups is 3. The minimum Gasteiger partial charge on any atom is -0.508 e. The summed E-state index contributed by atoms with van der Waals surface area (Å²) in [7, 11) is 12.1. The first-order chi connectivity index (χ1) is 54.5. The van der Waals surface area contributed by atoms with Gasteiger partial charge in [0.15, 0.2) is 0 Å². The molecule has 0 unspecified atom stereocenters. The molecule has 0 spiro atoms. The number of amides is 2. The largest absolute Gasteiger partial charge is 0.508 e. The van der Waals surface area contributed by atoms with Gasteiger partial charge in [0, 0.05) is 91.8 Å². The van der Waals surface area contributed by atoms with Crippen molar-refractivity contribution in [3.8, 4) is 51.7 Å². The van der Waals surface area contributed by atoms with Crippen molar-refractivity contribution in [3.05, 3.63) is 314 Å². The molecule has 10 aromatic carbocycles. The van der Waals surface area contributed by atoms with E-state index in [0.29, 0.717) is 93.2 Å². The van der Waals surface area contributed by atoms with Crippen LogP contribution in [0, 0.1) is 0 Å². The molecule has 0 saturated carbocycles. The smallest absolute Gasteiger partial charge is 0.339 e. The molecule has 2 amide bonds. The van der Waals surface area contributed by atoms with Crippen molar-refractivity contribution in [2.24, 2.45) is 0 Å². The van der Waals surface area contributed by atoms with Gasteiger partial charge >= 0.3 is 5.97 Å². The van der Waals surface area contributed by atoms with E-state index < -0.39 is 5.97 Å². The summed E-state index contributed by atoms with van der Waals surface area (Å²) < 4.78 is 42.2. The number of hydrogen-bond donors (Lipinski definition) is 4. The number of fused-ring (bicyclic) bond motifs is 3. The molecule has 0 aromatic heterocycles. The van der Waals surface area contributed by atoms with Crippen molar-refractivity contribution in [1.82, 2.24) is 29.8 Å². The van der Waals surface area contributed by atoms with E-state index in [9.17, 15) is 29.7 Å². The van der Waals surface area contributed by atoms with E-state index in [1.165, 1.54) is 17.2 Å². The summed E-state index contributed by atoms with van der Waals surface area (Å²) in [5, 5.41) is 33.2. The highest BCUT2D eigenvalue weighted by molar-refractivity contribution is 5.99. The van der Waals surface area contributed by atoms with Crippen LogP contribution in [0.1, 0.15) is 144 Å². The maximum Gasteiger partial charge on any atom is 0.339 e. The zero-order valence-electron chi connectivity index (χ0n) is 66.7. The third-order valence-electron chi connectivity index (χ3n) is 19.2. The molecule has 0 atom stereocenters. The number of ether oxygens (including phenoxy) is 7. The Labute approximate surface area is 672 Å². The lowest BCUT2D eigenvalue weighted by atomic mass is 9.98. The zero-order valence-corrected chi connectivity index (χ0v) is 66.7. The molecule has 3 heterocycles. The van der Waals surface area contributed by atoms with Crippen molar-refractivity contribution < 1.29 is 62.9 Å². The van der Waals surface area contributed by atoms with Crippen LogP contribution in [0.15, 0.2) is 225 Å². The molecule has 0 saturated heterocycles. The lowest BCUT2D eigenvalue weighted by molar-refractivity contribution is 0.0689. The van der Waals surface area contributed by atoms with Gasteiger partial charge in [-0.1, -0.05) is 192 Å². The number of aromatic carboxylic acids is 1. The van der Waals surface area contributed by atoms with Crippen LogP contribution in [-0.4, -0.2) is 139 Å². The summed E-state index contributed by atoms with van der Waals surface area (Å²) >= 11 is 0. The summed E-state index contributed by atoms with van der Waals surface area (Å²) in [5.41, 5.74) is 15.3. The first-order valence-electron chi connectivity index (χ1n) is 38.1. The molecule has 114 heavy (non-hydrogen) atoms. The van der Waals surface area contributed by atoms with E-state index in [4.69, 9.17) is 33.2 Å². The first-order valence-corrected chi connectivity index (χ1v) is 38.1. The number of carbonyl (C=O) groups excluding carboxylic acids is 2. The number of hydrogen-bond acceptors (Lipinski definition) is 16. The van der Waals surface area contributed by atoms with Gasteiger partial charge in [-0.2, -0.15) is 0 Å². The third-order valence-corrected chi connectivity index (χ3v) is 19.2. The molecule has 0 aliphatic carbocycles. The summed E-state index contributed by atoms with van der Waals surface area (Å²) in [5.74, 6) is 3.02. The van der Waals surface area contributed by atoms with Crippen LogP contribution in [0.5, 0.6) is 51.7 Å². The van der Waals surface area contributed by atoms with E-state index in [1.54, 1.807) is 23.1 Å². The lowest BCUT2D eigenvalue weighted by Crippen LogP contribution is -2.26. The van der Waals surface area contributed by atoms with Gasteiger partial charge in [0.05, 0.1) is 24.2 Å². The fourth-order valence-electron chi connectivity index (χ4n) is 12.9. The molecule has 0 fully saturated rings. The number of rotatable bonds is 30. The number of phenols is 2. The van der Waals surface area contributed by atoms with Crippen LogP contribution in [-0.2, 0) is 65.7 Å². The normalized spacial score (nSPS) is 12.2. The topological polar surface area (TPSA) is 205 Å². The molecule has 10 aromatic rings. The predicted octanol–water partition coefficient (Wildman–Crippen LogP) is 17.7. The van der Waals surface area contributed by atoms with Crippen molar-refractivity contribution in [2.75, 3.05) is 81.7 Å².